The normalized spacial score (nSPS) is 11.6. The van der Waals surface area contributed by atoms with Crippen molar-refractivity contribution in [2.24, 2.45) is 0 Å². The van der Waals surface area contributed by atoms with E-state index in [1.54, 1.807) is 39.3 Å². The second-order valence-corrected chi connectivity index (χ2v) is 8.15. The number of amides is 2. The molecule has 8 heteroatoms. The van der Waals surface area contributed by atoms with Crippen LogP contribution in [0, 0.1) is 0 Å². The van der Waals surface area contributed by atoms with Crippen LogP contribution in [0.4, 0.5) is 0 Å². The monoisotopic (exact) mass is 454 g/mol. The molecule has 0 radical (unpaired) electrons. The maximum atomic E-state index is 12.9. The van der Waals surface area contributed by atoms with E-state index in [0.29, 0.717) is 21.4 Å². The number of hydrogen-bond acceptors (Lipinski definition) is 4. The van der Waals surface area contributed by atoms with Gasteiger partial charge in [-0.1, -0.05) is 41.4 Å². The lowest BCUT2D eigenvalue weighted by Crippen LogP contribution is -2.47. The number of carbonyl (C=O) groups is 2. The summed E-state index contributed by atoms with van der Waals surface area (Å²) in [5, 5.41) is 3.52. The van der Waals surface area contributed by atoms with Gasteiger partial charge in [0.2, 0.25) is 11.8 Å². The fourth-order valence-corrected chi connectivity index (χ4v) is 4.09. The van der Waals surface area contributed by atoms with Crippen molar-refractivity contribution in [3.63, 3.8) is 0 Å². The van der Waals surface area contributed by atoms with Gasteiger partial charge in [0.25, 0.3) is 0 Å². The summed E-state index contributed by atoms with van der Waals surface area (Å²) in [6, 6.07) is 12.2. The van der Waals surface area contributed by atoms with Crippen molar-refractivity contribution < 1.29 is 14.3 Å². The second-order valence-electron chi connectivity index (χ2n) is 6.35. The molecule has 2 aromatic carbocycles. The molecule has 0 aliphatic rings. The maximum absolute atomic E-state index is 12.9. The fourth-order valence-electron chi connectivity index (χ4n) is 2.71. The van der Waals surface area contributed by atoms with Crippen LogP contribution in [-0.4, -0.2) is 42.7 Å². The maximum Gasteiger partial charge on any atom is 0.242 e. The van der Waals surface area contributed by atoms with Crippen LogP contribution in [0.2, 0.25) is 10.0 Å². The molecule has 2 amide bonds. The molecular weight excluding hydrogens is 431 g/mol. The van der Waals surface area contributed by atoms with E-state index in [4.69, 9.17) is 27.9 Å². The molecule has 2 aromatic rings. The smallest absolute Gasteiger partial charge is 0.242 e. The first-order valence-corrected chi connectivity index (χ1v) is 10.9. The molecule has 0 fully saturated rings. The average Bonchev–Trinajstić information content (AvgIpc) is 2.73. The van der Waals surface area contributed by atoms with Crippen LogP contribution >= 0.6 is 35.0 Å². The number of nitrogens with zero attached hydrogens (tertiary/aromatic N) is 1. The van der Waals surface area contributed by atoms with E-state index in [0.717, 1.165) is 11.3 Å². The minimum absolute atomic E-state index is 0.157. The van der Waals surface area contributed by atoms with E-state index in [9.17, 15) is 9.59 Å². The van der Waals surface area contributed by atoms with Gasteiger partial charge in [0, 0.05) is 35.0 Å². The van der Waals surface area contributed by atoms with Crippen molar-refractivity contribution in [3.05, 3.63) is 63.6 Å². The topological polar surface area (TPSA) is 58.6 Å². The Morgan fingerprint density at radius 3 is 2.31 bits per heavy atom. The van der Waals surface area contributed by atoms with Gasteiger partial charge in [0.15, 0.2) is 0 Å². The lowest BCUT2D eigenvalue weighted by atomic mass is 10.1. The van der Waals surface area contributed by atoms with E-state index in [1.165, 1.54) is 16.7 Å². The van der Waals surface area contributed by atoms with Gasteiger partial charge >= 0.3 is 0 Å². The molecule has 1 atom stereocenters. The van der Waals surface area contributed by atoms with Crippen molar-refractivity contribution >= 4 is 46.8 Å². The summed E-state index contributed by atoms with van der Waals surface area (Å²) in [4.78, 5) is 26.6. The van der Waals surface area contributed by atoms with E-state index in [-0.39, 0.29) is 24.1 Å². The van der Waals surface area contributed by atoms with Crippen LogP contribution in [0.1, 0.15) is 18.1 Å². The third-order valence-electron chi connectivity index (χ3n) is 4.46. The standard InChI is InChI=1S/C21H24Cl2N2O3S/c1-14(21(27)24-2)25(11-17-18(22)5-4-6-19(17)23)20(26)13-29-12-15-7-9-16(28-3)10-8-15/h4-10,14H,11-13H2,1-3H3,(H,24,27). The molecule has 0 aromatic heterocycles. The Morgan fingerprint density at radius 2 is 1.76 bits per heavy atom. The van der Waals surface area contributed by atoms with Crippen LogP contribution in [0.15, 0.2) is 42.5 Å². The Bertz CT molecular complexity index is 826. The Kier molecular flexibility index (Phi) is 9.14. The number of methoxy groups -OCH3 is 1. The lowest BCUT2D eigenvalue weighted by Gasteiger charge is -2.29. The van der Waals surface area contributed by atoms with Gasteiger partial charge in [0.05, 0.1) is 12.9 Å². The number of nitrogens with one attached hydrogen (secondary N) is 1. The summed E-state index contributed by atoms with van der Waals surface area (Å²) in [6.45, 7) is 1.85. The SMILES string of the molecule is CNC(=O)C(C)N(Cc1c(Cl)cccc1Cl)C(=O)CSCc1ccc(OC)cc1. The summed E-state index contributed by atoms with van der Waals surface area (Å²) >= 11 is 14.0. The van der Waals surface area contributed by atoms with Crippen molar-refractivity contribution in [1.29, 1.82) is 0 Å². The average molecular weight is 455 g/mol. The first kappa shape index (κ1) is 23.4. The van der Waals surface area contributed by atoms with Crippen LogP contribution in [0.3, 0.4) is 0 Å². The van der Waals surface area contributed by atoms with Crippen molar-refractivity contribution in [2.45, 2.75) is 25.3 Å². The third-order valence-corrected chi connectivity index (χ3v) is 6.15. The minimum atomic E-state index is -0.651. The number of halogens is 2. The number of hydrogen-bond donors (Lipinski definition) is 1. The highest BCUT2D eigenvalue weighted by atomic mass is 35.5. The van der Waals surface area contributed by atoms with Crippen molar-refractivity contribution in [3.8, 4) is 5.75 Å². The zero-order valence-corrected chi connectivity index (χ0v) is 18.9. The number of ether oxygens (including phenoxy) is 1. The molecule has 5 nitrogen and oxygen atoms in total. The molecular formula is C21H24Cl2N2O3S. The Hall–Kier alpha value is -1.89. The third kappa shape index (κ3) is 6.56. The van der Waals surface area contributed by atoms with Gasteiger partial charge in [-0.25, -0.2) is 0 Å². The van der Waals surface area contributed by atoms with E-state index in [1.807, 2.05) is 24.3 Å². The summed E-state index contributed by atoms with van der Waals surface area (Å²) in [5.74, 6) is 1.29. The number of benzene rings is 2. The molecule has 0 aliphatic heterocycles. The molecule has 0 aliphatic carbocycles. The Morgan fingerprint density at radius 1 is 1.14 bits per heavy atom. The highest BCUT2D eigenvalue weighted by molar-refractivity contribution is 7.99. The first-order chi connectivity index (χ1) is 13.9. The van der Waals surface area contributed by atoms with Crippen molar-refractivity contribution in [1.82, 2.24) is 10.2 Å². The predicted molar refractivity (Wildman–Crippen MR) is 120 cm³/mol. The molecule has 0 saturated heterocycles. The first-order valence-electron chi connectivity index (χ1n) is 9.02. The van der Waals surface area contributed by atoms with Crippen molar-refractivity contribution in [2.75, 3.05) is 19.9 Å². The molecule has 0 saturated carbocycles. The molecule has 29 heavy (non-hydrogen) atoms. The van der Waals surface area contributed by atoms with Gasteiger partial charge in [-0.2, -0.15) is 0 Å². The summed E-state index contributed by atoms with van der Waals surface area (Å²) in [7, 11) is 3.16. The molecule has 156 valence electrons. The van der Waals surface area contributed by atoms with Gasteiger partial charge in [-0.05, 0) is 36.8 Å². The quantitative estimate of drug-likeness (QED) is 0.609. The molecule has 0 heterocycles. The number of rotatable bonds is 9. The summed E-state index contributed by atoms with van der Waals surface area (Å²) in [5.41, 5.74) is 1.71. The molecule has 2 rings (SSSR count). The fraction of sp³-hybridized carbons (Fsp3) is 0.333. The highest BCUT2D eigenvalue weighted by Gasteiger charge is 2.26. The number of thioether (sulfide) groups is 1. The molecule has 0 bridgehead atoms. The predicted octanol–water partition coefficient (Wildman–Crippen LogP) is 4.40. The Balaban J connectivity index is 2.08. The van der Waals surface area contributed by atoms with Crippen LogP contribution in [-0.2, 0) is 21.9 Å². The van der Waals surface area contributed by atoms with Gasteiger partial charge < -0.3 is 15.0 Å². The van der Waals surface area contributed by atoms with Crippen LogP contribution < -0.4 is 10.1 Å². The molecule has 1 unspecified atom stereocenters. The molecule has 1 N–H and O–H groups in total. The summed E-state index contributed by atoms with van der Waals surface area (Å²) in [6.07, 6.45) is 0. The number of likely N-dealkylation sites (N-methyl/N-ethyl adjacent to an activating group) is 1. The highest BCUT2D eigenvalue weighted by Crippen LogP contribution is 2.27. The van der Waals surface area contributed by atoms with Gasteiger partial charge in [0.1, 0.15) is 11.8 Å². The van der Waals surface area contributed by atoms with E-state index >= 15 is 0 Å². The van der Waals surface area contributed by atoms with Crippen LogP contribution in [0.25, 0.3) is 0 Å². The van der Waals surface area contributed by atoms with Gasteiger partial charge in [-0.3, -0.25) is 9.59 Å². The largest absolute Gasteiger partial charge is 0.497 e. The van der Waals surface area contributed by atoms with E-state index in [2.05, 4.69) is 5.32 Å². The Labute approximate surface area is 185 Å². The summed E-state index contributed by atoms with van der Waals surface area (Å²) < 4.78 is 5.15. The molecule has 0 spiro atoms. The van der Waals surface area contributed by atoms with Gasteiger partial charge in [-0.15, -0.1) is 11.8 Å². The zero-order valence-electron chi connectivity index (χ0n) is 16.6. The van der Waals surface area contributed by atoms with Crippen LogP contribution in [0.5, 0.6) is 5.75 Å². The lowest BCUT2D eigenvalue weighted by molar-refractivity contribution is -0.138. The zero-order chi connectivity index (χ0) is 21.4. The number of carbonyl (C=O) groups excluding carboxylic acids is 2. The second kappa shape index (κ2) is 11.3. The van der Waals surface area contributed by atoms with E-state index < -0.39 is 6.04 Å². The minimum Gasteiger partial charge on any atom is -0.497 e.